The number of likely N-dealkylation sites (N-methyl/N-ethyl adjacent to an activating group) is 2. The van der Waals surface area contributed by atoms with Crippen molar-refractivity contribution in [2.45, 2.75) is 43.8 Å². The number of carbonyl (C=O) groups is 2. The van der Waals surface area contributed by atoms with Gasteiger partial charge in [0.15, 0.2) is 11.7 Å². The highest BCUT2D eigenvalue weighted by atomic mass is 16.2. The van der Waals surface area contributed by atoms with Gasteiger partial charge in [-0.25, -0.2) is 9.79 Å². The molecule has 0 aromatic heterocycles. The molecule has 2 heterocycles. The first-order valence-electron chi connectivity index (χ1n) is 7.00. The molecule has 2 aliphatic rings. The van der Waals surface area contributed by atoms with Crippen LogP contribution in [-0.2, 0) is 4.79 Å². The molecule has 2 aliphatic heterocycles. The topological polar surface area (TPSA) is 65.0 Å². The highest BCUT2D eigenvalue weighted by Crippen LogP contribution is 2.35. The summed E-state index contributed by atoms with van der Waals surface area (Å²) in [7, 11) is 3.52. The number of unbranched alkanes of at least 4 members (excludes halogenated alkanes) is 3. The zero-order valence-corrected chi connectivity index (χ0v) is 12.1. The third-order valence-corrected chi connectivity index (χ3v) is 4.13. The van der Waals surface area contributed by atoms with E-state index in [4.69, 9.17) is 0 Å². The summed E-state index contributed by atoms with van der Waals surface area (Å²) in [4.78, 5) is 31.8. The van der Waals surface area contributed by atoms with Crippen LogP contribution in [0, 0.1) is 0 Å². The summed E-state index contributed by atoms with van der Waals surface area (Å²) in [6, 6.07) is -0.797. The lowest BCUT2D eigenvalue weighted by Crippen LogP contribution is -2.69. The fraction of sp³-hybridized carbons (Fsp3) is 0.643. The molecule has 0 aliphatic carbocycles. The van der Waals surface area contributed by atoms with Crippen LogP contribution in [0.2, 0.25) is 0 Å². The van der Waals surface area contributed by atoms with Crippen molar-refractivity contribution in [2.75, 3.05) is 14.1 Å². The Labute approximate surface area is 119 Å². The number of aliphatic imine (C=N–C) groups is 1. The van der Waals surface area contributed by atoms with Crippen molar-refractivity contribution in [3.63, 3.8) is 0 Å². The van der Waals surface area contributed by atoms with Gasteiger partial charge in [-0.3, -0.25) is 10.1 Å². The highest BCUT2D eigenvalue weighted by molar-refractivity contribution is 6.02. The fourth-order valence-corrected chi connectivity index (χ4v) is 2.97. The lowest BCUT2D eigenvalue weighted by atomic mass is 9.90. The van der Waals surface area contributed by atoms with Crippen LogP contribution < -0.4 is 5.32 Å². The Kier molecular flexibility index (Phi) is 4.11. The number of hydrogen-bond acceptors (Lipinski definition) is 4. The van der Waals surface area contributed by atoms with Crippen LogP contribution in [0.1, 0.15) is 32.1 Å². The maximum Gasteiger partial charge on any atom is 0.325 e. The summed E-state index contributed by atoms with van der Waals surface area (Å²) in [6.45, 7) is 3.71. The number of allylic oxidation sites excluding steroid dienone is 1. The summed E-state index contributed by atoms with van der Waals surface area (Å²) < 4.78 is 0. The van der Waals surface area contributed by atoms with Crippen molar-refractivity contribution < 1.29 is 9.59 Å². The largest absolute Gasteiger partial charge is 0.350 e. The highest BCUT2D eigenvalue weighted by Gasteiger charge is 2.56. The summed E-state index contributed by atoms with van der Waals surface area (Å²) in [5.41, 5.74) is -0.748. The van der Waals surface area contributed by atoms with Gasteiger partial charge in [-0.15, -0.1) is 6.58 Å². The molecule has 6 heteroatoms. The van der Waals surface area contributed by atoms with Crippen molar-refractivity contribution >= 4 is 18.3 Å². The van der Waals surface area contributed by atoms with Gasteiger partial charge in [0.05, 0.1) is 6.34 Å². The molecule has 2 rings (SSSR count). The molecule has 2 atom stereocenters. The van der Waals surface area contributed by atoms with E-state index in [1.54, 1.807) is 23.2 Å². The zero-order chi connectivity index (χ0) is 14.8. The van der Waals surface area contributed by atoms with Gasteiger partial charge in [-0.2, -0.15) is 0 Å². The molecule has 1 unspecified atom stereocenters. The number of nitrogens with zero attached hydrogens (tertiary/aromatic N) is 3. The molecule has 3 amide bonds. The number of nitrogens with one attached hydrogen (secondary N) is 1. The van der Waals surface area contributed by atoms with Crippen molar-refractivity contribution in [3.8, 4) is 0 Å². The molecule has 0 spiro atoms. The van der Waals surface area contributed by atoms with Crippen molar-refractivity contribution in [1.82, 2.24) is 15.1 Å². The van der Waals surface area contributed by atoms with Gasteiger partial charge in [-0.05, 0) is 25.7 Å². The van der Waals surface area contributed by atoms with E-state index in [2.05, 4.69) is 16.9 Å². The second-order valence-corrected chi connectivity index (χ2v) is 5.43. The van der Waals surface area contributed by atoms with Gasteiger partial charge in [0.25, 0.3) is 5.91 Å². The molecule has 0 aromatic carbocycles. The Morgan fingerprint density at radius 1 is 1.40 bits per heavy atom. The summed E-state index contributed by atoms with van der Waals surface area (Å²) in [6.07, 6.45) is 8.31. The maximum absolute atomic E-state index is 12.1. The van der Waals surface area contributed by atoms with E-state index in [-0.39, 0.29) is 11.9 Å². The normalized spacial score (nSPS) is 28.6. The van der Waals surface area contributed by atoms with Crippen molar-refractivity contribution in [2.24, 2.45) is 4.99 Å². The molecular formula is C14H22N4O2. The average molecular weight is 278 g/mol. The van der Waals surface area contributed by atoms with Crippen LogP contribution in [0.3, 0.4) is 0 Å². The number of urea groups is 1. The van der Waals surface area contributed by atoms with Crippen LogP contribution in [0.4, 0.5) is 4.79 Å². The minimum atomic E-state index is -0.748. The Morgan fingerprint density at radius 3 is 2.85 bits per heavy atom. The number of carbonyl (C=O) groups excluding carboxylic acids is 2. The molecule has 1 fully saturated rings. The smallest absolute Gasteiger partial charge is 0.325 e. The van der Waals surface area contributed by atoms with E-state index in [9.17, 15) is 9.59 Å². The monoisotopic (exact) mass is 278 g/mol. The van der Waals surface area contributed by atoms with E-state index < -0.39 is 11.7 Å². The van der Waals surface area contributed by atoms with Gasteiger partial charge in [0.2, 0.25) is 0 Å². The predicted octanol–water partition coefficient (Wildman–Crippen LogP) is 1.34. The minimum absolute atomic E-state index is 0.265. The Morgan fingerprint density at radius 2 is 2.15 bits per heavy atom. The van der Waals surface area contributed by atoms with Gasteiger partial charge in [0.1, 0.15) is 0 Å². The first-order chi connectivity index (χ1) is 9.53. The first kappa shape index (κ1) is 14.6. The lowest BCUT2D eigenvalue weighted by Gasteiger charge is -2.44. The molecule has 20 heavy (non-hydrogen) atoms. The molecular weight excluding hydrogens is 256 g/mol. The summed E-state index contributed by atoms with van der Waals surface area (Å²) in [5.74, 6) is -0.265. The standard InChI is InChI=1S/C14H22N4O2/c1-4-5-6-7-8-9-14-11(17(2)10-15-14)12(19)16-13(20)18(14)3/h4,10-11H,1,5-9H2,2-3H3,(H,16,19,20)/t11-,14?/m1/s1. The van der Waals surface area contributed by atoms with Gasteiger partial charge in [-0.1, -0.05) is 12.5 Å². The minimum Gasteiger partial charge on any atom is -0.350 e. The lowest BCUT2D eigenvalue weighted by molar-refractivity contribution is -0.130. The third-order valence-electron chi connectivity index (χ3n) is 4.13. The molecule has 0 aromatic rings. The van der Waals surface area contributed by atoms with Crippen LogP contribution in [0.25, 0.3) is 0 Å². The molecule has 0 radical (unpaired) electrons. The number of rotatable bonds is 6. The SMILES string of the molecule is C=CCCCCCC12N=CN(C)[C@@H]1C(=O)NC(=O)N2C. The van der Waals surface area contributed by atoms with E-state index in [0.29, 0.717) is 6.42 Å². The quantitative estimate of drug-likeness (QED) is 0.589. The second-order valence-electron chi connectivity index (χ2n) is 5.43. The molecule has 0 bridgehead atoms. The van der Waals surface area contributed by atoms with E-state index >= 15 is 0 Å². The summed E-state index contributed by atoms with van der Waals surface area (Å²) in [5, 5.41) is 2.38. The number of hydrogen-bond donors (Lipinski definition) is 1. The van der Waals surface area contributed by atoms with Crippen LogP contribution >= 0.6 is 0 Å². The first-order valence-corrected chi connectivity index (χ1v) is 7.00. The summed E-state index contributed by atoms with van der Waals surface area (Å²) >= 11 is 0. The maximum atomic E-state index is 12.1. The average Bonchev–Trinajstić information content (AvgIpc) is 2.75. The van der Waals surface area contributed by atoms with Crippen molar-refractivity contribution in [1.29, 1.82) is 0 Å². The molecule has 0 saturated carbocycles. The molecule has 6 nitrogen and oxygen atoms in total. The van der Waals surface area contributed by atoms with Crippen LogP contribution in [-0.4, -0.2) is 53.9 Å². The number of imide groups is 1. The molecule has 1 saturated heterocycles. The Bertz CT molecular complexity index is 448. The number of fused-ring (bicyclic) bond motifs is 1. The van der Waals surface area contributed by atoms with E-state index in [0.717, 1.165) is 25.7 Å². The van der Waals surface area contributed by atoms with Gasteiger partial charge < -0.3 is 9.80 Å². The third kappa shape index (κ3) is 2.30. The molecule has 110 valence electrons. The van der Waals surface area contributed by atoms with Crippen LogP contribution in [0.5, 0.6) is 0 Å². The zero-order valence-electron chi connectivity index (χ0n) is 12.1. The van der Waals surface area contributed by atoms with Crippen LogP contribution in [0.15, 0.2) is 17.6 Å². The number of amides is 3. The van der Waals surface area contributed by atoms with E-state index in [1.165, 1.54) is 0 Å². The second kappa shape index (κ2) is 5.64. The van der Waals surface area contributed by atoms with E-state index in [1.807, 2.05) is 13.1 Å². The fourth-order valence-electron chi connectivity index (χ4n) is 2.97. The Hall–Kier alpha value is -1.85. The van der Waals surface area contributed by atoms with Gasteiger partial charge >= 0.3 is 6.03 Å². The van der Waals surface area contributed by atoms with Gasteiger partial charge in [0, 0.05) is 14.1 Å². The van der Waals surface area contributed by atoms with Crippen molar-refractivity contribution in [3.05, 3.63) is 12.7 Å². The predicted molar refractivity (Wildman–Crippen MR) is 77.4 cm³/mol. The molecule has 1 N–H and O–H groups in total. The Balaban J connectivity index is 2.10.